The zero-order valence-corrected chi connectivity index (χ0v) is 10.9. The van der Waals surface area contributed by atoms with Crippen LogP contribution in [0.2, 0.25) is 0 Å². The maximum Gasteiger partial charge on any atom is 0.259 e. The Morgan fingerprint density at radius 3 is 3.00 bits per heavy atom. The number of para-hydroxylation sites is 1. The van der Waals surface area contributed by atoms with Crippen molar-refractivity contribution in [1.82, 2.24) is 15.1 Å². The van der Waals surface area contributed by atoms with Crippen LogP contribution in [-0.4, -0.2) is 26.8 Å². The van der Waals surface area contributed by atoms with Crippen LogP contribution in [0, 0.1) is 0 Å². The molecule has 0 amide bonds. The number of benzene rings is 1. The second kappa shape index (κ2) is 4.59. The summed E-state index contributed by atoms with van der Waals surface area (Å²) < 4.78 is 10.9. The number of ether oxygens (including phenoxy) is 1. The molecule has 0 spiro atoms. The summed E-state index contributed by atoms with van der Waals surface area (Å²) in [6.07, 6.45) is 2.91. The molecule has 3 heterocycles. The van der Waals surface area contributed by atoms with Gasteiger partial charge in [-0.3, -0.25) is 4.98 Å². The second-order valence-electron chi connectivity index (χ2n) is 4.79. The van der Waals surface area contributed by atoms with Gasteiger partial charge in [-0.25, -0.2) is 0 Å². The molecule has 0 radical (unpaired) electrons. The summed E-state index contributed by atoms with van der Waals surface area (Å²) in [5, 5.41) is 13.5. The van der Waals surface area contributed by atoms with Gasteiger partial charge in [-0.05, 0) is 12.1 Å². The van der Waals surface area contributed by atoms with Crippen molar-refractivity contribution in [3.63, 3.8) is 0 Å². The molecule has 1 aromatic carbocycles. The minimum absolute atomic E-state index is 0.0380. The number of fused-ring (bicyclic) bond motifs is 1. The zero-order chi connectivity index (χ0) is 14.2. The highest BCUT2D eigenvalue weighted by atomic mass is 16.5. The molecular weight excluding hydrogens is 270 g/mol. The van der Waals surface area contributed by atoms with Crippen LogP contribution in [0.1, 0.15) is 17.3 Å². The van der Waals surface area contributed by atoms with Crippen molar-refractivity contribution in [2.24, 2.45) is 0 Å². The van der Waals surface area contributed by atoms with Gasteiger partial charge in [0.1, 0.15) is 18.1 Å². The average Bonchev–Trinajstić information content (AvgIpc) is 3.14. The van der Waals surface area contributed by atoms with Crippen LogP contribution in [0.25, 0.3) is 11.5 Å². The predicted octanol–water partition coefficient (Wildman–Crippen LogP) is 2.36. The summed E-state index contributed by atoms with van der Waals surface area (Å²) in [6, 6.07) is 9.35. The number of hydrogen-bond donors (Lipinski definition) is 1. The minimum atomic E-state index is -0.0380. The Balaban J connectivity index is 1.70. The van der Waals surface area contributed by atoms with Crippen LogP contribution < -0.4 is 4.74 Å². The molecule has 1 aliphatic heterocycles. The first kappa shape index (κ1) is 11.9. The summed E-state index contributed by atoms with van der Waals surface area (Å²) in [4.78, 5) is 8.29. The van der Waals surface area contributed by atoms with E-state index < -0.39 is 0 Å². The number of nitrogens with zero attached hydrogens (tertiary/aromatic N) is 3. The monoisotopic (exact) mass is 281 g/mol. The number of hydrogen-bond acceptors (Lipinski definition) is 6. The highest BCUT2D eigenvalue weighted by Gasteiger charge is 2.29. The Labute approximate surface area is 120 Å². The van der Waals surface area contributed by atoms with E-state index in [4.69, 9.17) is 9.26 Å². The van der Waals surface area contributed by atoms with Gasteiger partial charge in [0, 0.05) is 11.8 Å². The standard InChI is InChI=1S/C15H11N3O3/c19-10-5-9(6-16-7-10)15-17-14(18-21-15)12-8-20-13-4-2-1-3-11(12)13/h1-7,12,19H,8H2. The van der Waals surface area contributed by atoms with Crippen LogP contribution in [0.3, 0.4) is 0 Å². The molecule has 0 fully saturated rings. The van der Waals surface area contributed by atoms with Crippen LogP contribution in [0.4, 0.5) is 0 Å². The van der Waals surface area contributed by atoms with Gasteiger partial charge in [-0.2, -0.15) is 4.98 Å². The average molecular weight is 281 g/mol. The highest BCUT2D eigenvalue weighted by Crippen LogP contribution is 2.37. The third-order valence-corrected chi connectivity index (χ3v) is 3.42. The maximum absolute atomic E-state index is 9.45. The number of rotatable bonds is 2. The van der Waals surface area contributed by atoms with E-state index in [-0.39, 0.29) is 11.7 Å². The highest BCUT2D eigenvalue weighted by molar-refractivity contribution is 5.53. The quantitative estimate of drug-likeness (QED) is 0.776. The Morgan fingerprint density at radius 2 is 2.10 bits per heavy atom. The SMILES string of the molecule is Oc1cncc(-c2nc(C3COc4ccccc43)no2)c1. The van der Waals surface area contributed by atoms with E-state index in [2.05, 4.69) is 15.1 Å². The summed E-state index contributed by atoms with van der Waals surface area (Å²) in [5.74, 6) is 1.77. The molecule has 1 atom stereocenters. The van der Waals surface area contributed by atoms with Crippen molar-refractivity contribution in [3.8, 4) is 23.0 Å². The molecule has 1 N–H and O–H groups in total. The van der Waals surface area contributed by atoms with Crippen molar-refractivity contribution < 1.29 is 14.4 Å². The van der Waals surface area contributed by atoms with Gasteiger partial charge in [0.15, 0.2) is 5.82 Å². The fraction of sp³-hybridized carbons (Fsp3) is 0.133. The van der Waals surface area contributed by atoms with Gasteiger partial charge in [0.05, 0.1) is 17.7 Å². The van der Waals surface area contributed by atoms with E-state index in [1.807, 2.05) is 24.3 Å². The van der Waals surface area contributed by atoms with Crippen molar-refractivity contribution in [1.29, 1.82) is 0 Å². The van der Waals surface area contributed by atoms with Crippen molar-refractivity contribution >= 4 is 0 Å². The lowest BCUT2D eigenvalue weighted by atomic mass is 10.0. The molecule has 0 saturated heterocycles. The third-order valence-electron chi connectivity index (χ3n) is 3.42. The zero-order valence-electron chi connectivity index (χ0n) is 10.9. The minimum Gasteiger partial charge on any atom is -0.506 e. The van der Waals surface area contributed by atoms with E-state index in [0.717, 1.165) is 11.3 Å². The number of aromatic hydroxyl groups is 1. The van der Waals surface area contributed by atoms with Crippen molar-refractivity contribution in [2.45, 2.75) is 5.92 Å². The number of pyridine rings is 1. The summed E-state index contributed by atoms with van der Waals surface area (Å²) in [7, 11) is 0. The summed E-state index contributed by atoms with van der Waals surface area (Å²) in [6.45, 7) is 0.497. The molecule has 21 heavy (non-hydrogen) atoms. The van der Waals surface area contributed by atoms with E-state index in [1.54, 1.807) is 6.20 Å². The molecule has 0 aliphatic carbocycles. The van der Waals surface area contributed by atoms with E-state index in [9.17, 15) is 5.11 Å². The summed E-state index contributed by atoms with van der Waals surface area (Å²) in [5.41, 5.74) is 1.64. The topological polar surface area (TPSA) is 81.3 Å². The first-order valence-electron chi connectivity index (χ1n) is 6.51. The molecule has 2 aromatic heterocycles. The molecule has 6 heteroatoms. The lowest BCUT2D eigenvalue weighted by Crippen LogP contribution is -2.04. The van der Waals surface area contributed by atoms with Crippen LogP contribution >= 0.6 is 0 Å². The molecule has 6 nitrogen and oxygen atoms in total. The van der Waals surface area contributed by atoms with Gasteiger partial charge in [0.25, 0.3) is 5.89 Å². The Kier molecular flexibility index (Phi) is 2.60. The molecule has 1 unspecified atom stereocenters. The lowest BCUT2D eigenvalue weighted by molar-refractivity contribution is 0.334. The first-order valence-corrected chi connectivity index (χ1v) is 6.51. The smallest absolute Gasteiger partial charge is 0.259 e. The van der Waals surface area contributed by atoms with Gasteiger partial charge in [-0.15, -0.1) is 0 Å². The van der Waals surface area contributed by atoms with Gasteiger partial charge < -0.3 is 14.4 Å². The van der Waals surface area contributed by atoms with Gasteiger partial charge >= 0.3 is 0 Å². The Hall–Kier alpha value is -2.89. The largest absolute Gasteiger partial charge is 0.506 e. The van der Waals surface area contributed by atoms with Crippen molar-refractivity contribution in [2.75, 3.05) is 6.61 Å². The summed E-state index contributed by atoms with van der Waals surface area (Å²) >= 11 is 0. The maximum atomic E-state index is 9.45. The fourth-order valence-electron chi connectivity index (χ4n) is 2.41. The Bertz CT molecular complexity index is 800. The van der Waals surface area contributed by atoms with Crippen LogP contribution in [0.5, 0.6) is 11.5 Å². The fourth-order valence-corrected chi connectivity index (χ4v) is 2.41. The second-order valence-corrected chi connectivity index (χ2v) is 4.79. The predicted molar refractivity (Wildman–Crippen MR) is 73.0 cm³/mol. The molecule has 4 rings (SSSR count). The molecule has 0 saturated carbocycles. The first-order chi connectivity index (χ1) is 10.3. The van der Waals surface area contributed by atoms with Gasteiger partial charge in [0.2, 0.25) is 0 Å². The van der Waals surface area contributed by atoms with Crippen LogP contribution in [-0.2, 0) is 0 Å². The van der Waals surface area contributed by atoms with E-state index >= 15 is 0 Å². The molecule has 104 valence electrons. The van der Waals surface area contributed by atoms with E-state index in [0.29, 0.717) is 23.9 Å². The van der Waals surface area contributed by atoms with Gasteiger partial charge in [-0.1, -0.05) is 23.4 Å². The Morgan fingerprint density at radius 1 is 1.19 bits per heavy atom. The molecule has 1 aliphatic rings. The van der Waals surface area contributed by atoms with Crippen molar-refractivity contribution in [3.05, 3.63) is 54.1 Å². The molecule has 0 bridgehead atoms. The third kappa shape index (κ3) is 2.01. The van der Waals surface area contributed by atoms with Crippen LogP contribution in [0.15, 0.2) is 47.2 Å². The van der Waals surface area contributed by atoms with E-state index in [1.165, 1.54) is 12.3 Å². The normalized spacial score (nSPS) is 16.5. The number of aromatic nitrogens is 3. The lowest BCUT2D eigenvalue weighted by Gasteiger charge is -2.01. The molecule has 3 aromatic rings. The molecular formula is C15H11N3O3.